The van der Waals surface area contributed by atoms with Crippen molar-refractivity contribution in [3.8, 4) is 0 Å². The summed E-state index contributed by atoms with van der Waals surface area (Å²) in [5.41, 5.74) is 0.640. The minimum Gasteiger partial charge on any atom is -0.362 e. The van der Waals surface area contributed by atoms with Gasteiger partial charge in [-0.15, -0.1) is 0 Å². The van der Waals surface area contributed by atoms with E-state index in [1.807, 2.05) is 34.6 Å². The van der Waals surface area contributed by atoms with E-state index >= 15 is 0 Å². The minimum absolute atomic E-state index is 0.0449. The molecule has 0 bridgehead atoms. The lowest BCUT2D eigenvalue weighted by atomic mass is 9.94. The highest BCUT2D eigenvalue weighted by atomic mass is 16.5. The van der Waals surface area contributed by atoms with Crippen LogP contribution in [0.1, 0.15) is 63.4 Å². The van der Waals surface area contributed by atoms with Crippen molar-refractivity contribution < 1.29 is 15.0 Å². The van der Waals surface area contributed by atoms with Gasteiger partial charge in [-0.1, -0.05) is 31.5 Å². The van der Waals surface area contributed by atoms with Gasteiger partial charge in [0.1, 0.15) is 0 Å². The van der Waals surface area contributed by atoms with Crippen LogP contribution in [-0.4, -0.2) is 33.1 Å². The third-order valence-electron chi connectivity index (χ3n) is 3.53. The maximum absolute atomic E-state index is 12.8. The molecule has 0 radical (unpaired) electrons. The molecule has 0 aromatic heterocycles. The molecule has 0 aliphatic carbocycles. The molecular weight excluding hydrogens is 266 g/mol. The third-order valence-corrected chi connectivity index (χ3v) is 3.53. The molecule has 0 saturated carbocycles. The number of carbonyl (C=O) groups is 1. The smallest absolute Gasteiger partial charge is 0.254 e. The van der Waals surface area contributed by atoms with Crippen molar-refractivity contribution in [2.75, 3.05) is 0 Å². The molecule has 1 aromatic carbocycles. The summed E-state index contributed by atoms with van der Waals surface area (Å²) in [6.07, 6.45) is 0.814. The second-order valence-corrected chi connectivity index (χ2v) is 6.01. The molecule has 0 atom stereocenters. The molecule has 0 spiro atoms. The molecule has 0 saturated heterocycles. The minimum atomic E-state index is -1.97. The molecule has 0 aliphatic rings. The summed E-state index contributed by atoms with van der Waals surface area (Å²) in [7, 11) is 0. The van der Waals surface area contributed by atoms with Crippen LogP contribution >= 0.6 is 0 Å². The number of rotatable bonds is 6. The van der Waals surface area contributed by atoms with Gasteiger partial charge in [0.25, 0.3) is 5.91 Å². The Bertz CT molecular complexity index is 473. The highest BCUT2D eigenvalue weighted by Gasteiger charge is 2.32. The summed E-state index contributed by atoms with van der Waals surface area (Å²) < 4.78 is 0. The molecule has 2 N–H and O–H groups in total. The van der Waals surface area contributed by atoms with Crippen LogP contribution in [0.25, 0.3) is 0 Å². The van der Waals surface area contributed by atoms with Crippen LogP contribution in [-0.2, 0) is 5.79 Å². The molecule has 21 heavy (non-hydrogen) atoms. The first-order valence-corrected chi connectivity index (χ1v) is 7.59. The van der Waals surface area contributed by atoms with E-state index in [1.165, 1.54) is 0 Å². The second kappa shape index (κ2) is 7.05. The average molecular weight is 293 g/mol. The normalized spacial score (nSPS) is 12.0. The van der Waals surface area contributed by atoms with Gasteiger partial charge in [-0.3, -0.25) is 4.79 Å². The van der Waals surface area contributed by atoms with E-state index in [0.717, 1.165) is 0 Å². The first-order chi connectivity index (χ1) is 9.72. The predicted molar refractivity (Wildman–Crippen MR) is 83.9 cm³/mol. The maximum atomic E-state index is 12.8. The van der Waals surface area contributed by atoms with Crippen molar-refractivity contribution in [2.24, 2.45) is 0 Å². The Morgan fingerprint density at radius 3 is 2.14 bits per heavy atom. The van der Waals surface area contributed by atoms with Crippen molar-refractivity contribution in [1.82, 2.24) is 4.90 Å². The van der Waals surface area contributed by atoms with Crippen molar-refractivity contribution in [3.05, 3.63) is 35.4 Å². The number of aliphatic hydroxyl groups is 2. The Hall–Kier alpha value is -1.39. The van der Waals surface area contributed by atoms with Crippen LogP contribution in [0.3, 0.4) is 0 Å². The van der Waals surface area contributed by atoms with Crippen LogP contribution in [0.5, 0.6) is 0 Å². The molecule has 118 valence electrons. The Morgan fingerprint density at radius 2 is 1.67 bits per heavy atom. The van der Waals surface area contributed by atoms with E-state index in [9.17, 15) is 15.0 Å². The third kappa shape index (κ3) is 4.05. The first-order valence-electron chi connectivity index (χ1n) is 7.59. The number of benzene rings is 1. The Labute approximate surface area is 127 Å². The van der Waals surface area contributed by atoms with Gasteiger partial charge in [0, 0.05) is 29.6 Å². The fourth-order valence-electron chi connectivity index (χ4n) is 2.71. The quantitative estimate of drug-likeness (QED) is 0.793. The molecule has 0 unspecified atom stereocenters. The summed E-state index contributed by atoms with van der Waals surface area (Å²) in [4.78, 5) is 14.6. The average Bonchev–Trinajstić information content (AvgIpc) is 2.37. The number of hydrogen-bond acceptors (Lipinski definition) is 3. The van der Waals surface area contributed by atoms with Gasteiger partial charge in [-0.25, -0.2) is 0 Å². The van der Waals surface area contributed by atoms with Crippen LogP contribution in [0.2, 0.25) is 0 Å². The Balaban J connectivity index is 3.28. The van der Waals surface area contributed by atoms with Crippen LogP contribution in [0, 0.1) is 0 Å². The molecule has 4 heteroatoms. The molecule has 0 aliphatic heterocycles. The SMILES string of the molecule is CCCC(O)(O)c1ccccc1C(=O)N(C(C)C)C(C)C. The van der Waals surface area contributed by atoms with Crippen LogP contribution < -0.4 is 0 Å². The van der Waals surface area contributed by atoms with E-state index in [-0.39, 0.29) is 30.0 Å². The van der Waals surface area contributed by atoms with E-state index < -0.39 is 5.79 Å². The van der Waals surface area contributed by atoms with E-state index in [0.29, 0.717) is 12.0 Å². The zero-order valence-corrected chi connectivity index (χ0v) is 13.6. The summed E-state index contributed by atoms with van der Waals surface area (Å²) in [6.45, 7) is 9.70. The standard InChI is InChI=1S/C17H27NO3/c1-6-11-17(20,21)15-10-8-7-9-14(15)16(19)18(12(2)3)13(4)5/h7-10,12-13,20-21H,6,11H2,1-5H3. The van der Waals surface area contributed by atoms with E-state index in [4.69, 9.17) is 0 Å². The summed E-state index contributed by atoms with van der Waals surface area (Å²) in [5, 5.41) is 20.5. The number of carbonyl (C=O) groups excluding carboxylic acids is 1. The Kier molecular flexibility index (Phi) is 5.93. The second-order valence-electron chi connectivity index (χ2n) is 6.01. The zero-order valence-electron chi connectivity index (χ0n) is 13.6. The highest BCUT2D eigenvalue weighted by Crippen LogP contribution is 2.28. The highest BCUT2D eigenvalue weighted by molar-refractivity contribution is 5.96. The molecule has 4 nitrogen and oxygen atoms in total. The number of amides is 1. The lowest BCUT2D eigenvalue weighted by Crippen LogP contribution is -2.43. The summed E-state index contributed by atoms with van der Waals surface area (Å²) in [5.74, 6) is -2.14. The maximum Gasteiger partial charge on any atom is 0.254 e. The number of hydrogen-bond donors (Lipinski definition) is 2. The van der Waals surface area contributed by atoms with Gasteiger partial charge in [-0.2, -0.15) is 0 Å². The van der Waals surface area contributed by atoms with Crippen molar-refractivity contribution in [2.45, 2.75) is 65.3 Å². The zero-order chi connectivity index (χ0) is 16.2. The number of nitrogens with zero attached hydrogens (tertiary/aromatic N) is 1. The van der Waals surface area contributed by atoms with Crippen LogP contribution in [0.4, 0.5) is 0 Å². The van der Waals surface area contributed by atoms with Gasteiger partial charge < -0.3 is 15.1 Å². The van der Waals surface area contributed by atoms with Crippen molar-refractivity contribution in [3.63, 3.8) is 0 Å². The van der Waals surface area contributed by atoms with Crippen molar-refractivity contribution >= 4 is 5.91 Å². The van der Waals surface area contributed by atoms with Gasteiger partial charge >= 0.3 is 0 Å². The van der Waals surface area contributed by atoms with Crippen molar-refractivity contribution in [1.29, 1.82) is 0 Å². The fraction of sp³-hybridized carbons (Fsp3) is 0.588. The topological polar surface area (TPSA) is 60.8 Å². The Morgan fingerprint density at radius 1 is 1.14 bits per heavy atom. The van der Waals surface area contributed by atoms with E-state index in [1.54, 1.807) is 29.2 Å². The predicted octanol–water partition coefficient (Wildman–Crippen LogP) is 2.88. The van der Waals surface area contributed by atoms with Gasteiger partial charge in [0.15, 0.2) is 5.79 Å². The lowest BCUT2D eigenvalue weighted by Gasteiger charge is -2.33. The lowest BCUT2D eigenvalue weighted by molar-refractivity contribution is -0.174. The van der Waals surface area contributed by atoms with E-state index in [2.05, 4.69) is 0 Å². The fourth-order valence-corrected chi connectivity index (χ4v) is 2.71. The molecule has 0 fully saturated rings. The molecule has 1 amide bonds. The molecule has 1 rings (SSSR count). The molecule has 0 heterocycles. The van der Waals surface area contributed by atoms with Gasteiger partial charge in [-0.05, 0) is 33.8 Å². The summed E-state index contributed by atoms with van der Waals surface area (Å²) in [6, 6.07) is 6.83. The monoisotopic (exact) mass is 293 g/mol. The molecule has 1 aromatic rings. The van der Waals surface area contributed by atoms with Crippen LogP contribution in [0.15, 0.2) is 24.3 Å². The first kappa shape index (κ1) is 17.7. The molecular formula is C17H27NO3. The summed E-state index contributed by atoms with van der Waals surface area (Å²) >= 11 is 0. The largest absolute Gasteiger partial charge is 0.362 e. The van der Waals surface area contributed by atoms with Gasteiger partial charge in [0.05, 0.1) is 0 Å². The van der Waals surface area contributed by atoms with Gasteiger partial charge in [0.2, 0.25) is 0 Å².